The fraction of sp³-hybridized carbons (Fsp3) is 0.565. The Morgan fingerprint density at radius 1 is 1.21 bits per heavy atom. The summed E-state index contributed by atoms with van der Waals surface area (Å²) in [5, 5.41) is 2.88. The number of hydrogen-bond donors (Lipinski definition) is 2. The molecule has 3 N–H and O–H groups in total. The molecule has 29 heavy (non-hydrogen) atoms. The molecule has 0 aromatic carbocycles. The van der Waals surface area contributed by atoms with E-state index in [1.807, 2.05) is 46.0 Å². The van der Waals surface area contributed by atoms with Gasteiger partial charge < -0.3 is 20.7 Å². The van der Waals surface area contributed by atoms with Gasteiger partial charge in [-0.3, -0.25) is 9.79 Å². The van der Waals surface area contributed by atoms with Gasteiger partial charge >= 0.3 is 0 Å². The Morgan fingerprint density at radius 3 is 2.55 bits per heavy atom. The van der Waals surface area contributed by atoms with E-state index in [1.165, 1.54) is 19.3 Å². The summed E-state index contributed by atoms with van der Waals surface area (Å²) < 4.78 is 5.70. The van der Waals surface area contributed by atoms with Crippen LogP contribution in [0, 0.1) is 0 Å². The molecule has 0 radical (unpaired) electrons. The molecule has 0 aliphatic heterocycles. The second kappa shape index (κ2) is 16.6. The van der Waals surface area contributed by atoms with Crippen molar-refractivity contribution in [3.8, 4) is 0 Å². The molecule has 0 heterocycles. The summed E-state index contributed by atoms with van der Waals surface area (Å²) in [7, 11) is 1.84. The van der Waals surface area contributed by atoms with E-state index in [-0.39, 0.29) is 11.6 Å². The Morgan fingerprint density at radius 2 is 1.93 bits per heavy atom. The predicted octanol–water partition coefficient (Wildman–Crippen LogP) is 4.28. The summed E-state index contributed by atoms with van der Waals surface area (Å²) in [6.07, 6.45) is 13.1. The number of unbranched alkanes of at least 4 members (excludes halogenated alkanes) is 3. The second-order valence-electron chi connectivity index (χ2n) is 7.07. The van der Waals surface area contributed by atoms with Crippen LogP contribution in [0.1, 0.15) is 59.8 Å². The maximum absolute atomic E-state index is 12.3. The third-order valence-corrected chi connectivity index (χ3v) is 4.42. The van der Waals surface area contributed by atoms with Crippen LogP contribution in [-0.4, -0.2) is 44.3 Å². The van der Waals surface area contributed by atoms with Crippen molar-refractivity contribution in [2.45, 2.75) is 59.8 Å². The van der Waals surface area contributed by atoms with Crippen LogP contribution in [0.3, 0.4) is 0 Å². The summed E-state index contributed by atoms with van der Waals surface area (Å²) >= 11 is 0. The SMILES string of the molecule is C=N/C(=C\N(C)/C(C)=C\CN)C(=O)NCC/C(C)=C/C=C(\C)OCCCCCC. The molecular formula is C23H40N4O2. The topological polar surface area (TPSA) is 80.0 Å². The summed E-state index contributed by atoms with van der Waals surface area (Å²) in [4.78, 5) is 17.9. The van der Waals surface area contributed by atoms with E-state index < -0.39 is 0 Å². The number of nitrogens with two attached hydrogens (primary N) is 1. The van der Waals surface area contributed by atoms with Crippen LogP contribution in [0.25, 0.3) is 0 Å². The summed E-state index contributed by atoms with van der Waals surface area (Å²) in [6, 6.07) is 0. The van der Waals surface area contributed by atoms with Crippen LogP contribution in [0.5, 0.6) is 0 Å². The van der Waals surface area contributed by atoms with Crippen molar-refractivity contribution in [1.82, 2.24) is 10.2 Å². The average Bonchev–Trinajstić information content (AvgIpc) is 2.70. The molecular weight excluding hydrogens is 364 g/mol. The van der Waals surface area contributed by atoms with Gasteiger partial charge in [0.15, 0.2) is 0 Å². The fourth-order valence-electron chi connectivity index (χ4n) is 2.39. The largest absolute Gasteiger partial charge is 0.498 e. The zero-order valence-corrected chi connectivity index (χ0v) is 19.0. The second-order valence-corrected chi connectivity index (χ2v) is 7.07. The zero-order valence-electron chi connectivity index (χ0n) is 19.0. The molecule has 0 aliphatic carbocycles. The molecule has 1 amide bonds. The van der Waals surface area contributed by atoms with Gasteiger partial charge in [0.1, 0.15) is 5.70 Å². The monoisotopic (exact) mass is 404 g/mol. The molecule has 6 nitrogen and oxygen atoms in total. The highest BCUT2D eigenvalue weighted by atomic mass is 16.5. The van der Waals surface area contributed by atoms with Gasteiger partial charge in [-0.05, 0) is 46.4 Å². The number of nitrogens with one attached hydrogen (secondary N) is 1. The van der Waals surface area contributed by atoms with Crippen molar-refractivity contribution in [1.29, 1.82) is 0 Å². The van der Waals surface area contributed by atoms with E-state index in [1.54, 1.807) is 11.1 Å². The van der Waals surface area contributed by atoms with Gasteiger partial charge in [0.2, 0.25) is 0 Å². The van der Waals surface area contributed by atoms with E-state index >= 15 is 0 Å². The molecule has 0 rings (SSSR count). The lowest BCUT2D eigenvalue weighted by Gasteiger charge is -2.16. The molecule has 0 aromatic rings. The molecule has 0 saturated carbocycles. The predicted molar refractivity (Wildman–Crippen MR) is 123 cm³/mol. The first-order chi connectivity index (χ1) is 13.8. The molecule has 0 spiro atoms. The Hall–Kier alpha value is -2.34. The molecule has 0 atom stereocenters. The lowest BCUT2D eigenvalue weighted by atomic mass is 10.2. The van der Waals surface area contributed by atoms with Crippen LogP contribution >= 0.6 is 0 Å². The smallest absolute Gasteiger partial charge is 0.271 e. The van der Waals surface area contributed by atoms with Crippen molar-refractivity contribution in [2.75, 3.05) is 26.7 Å². The average molecular weight is 405 g/mol. The van der Waals surface area contributed by atoms with Gasteiger partial charge in [-0.15, -0.1) is 0 Å². The standard InChI is InChI=1S/C23H40N4O2/c1-7-8-9-10-17-29-21(4)12-11-19(2)14-16-26-23(28)22(25-5)18-27(6)20(3)13-15-24/h11-13,18H,5,7-10,14-17,24H2,1-4,6H3,(H,26,28)/b19-11+,20-13-,21-12+,22-18-. The van der Waals surface area contributed by atoms with Crippen LogP contribution < -0.4 is 11.1 Å². The maximum atomic E-state index is 12.3. The zero-order chi connectivity index (χ0) is 22.1. The number of nitrogens with zero attached hydrogens (tertiary/aromatic N) is 2. The summed E-state index contributed by atoms with van der Waals surface area (Å²) in [6.45, 7) is 13.3. The van der Waals surface area contributed by atoms with Gasteiger partial charge in [0.25, 0.3) is 5.91 Å². The normalized spacial score (nSPS) is 13.3. The maximum Gasteiger partial charge on any atom is 0.271 e. The minimum absolute atomic E-state index is 0.248. The molecule has 0 unspecified atom stereocenters. The highest BCUT2D eigenvalue weighted by molar-refractivity contribution is 5.93. The van der Waals surface area contributed by atoms with Gasteiger partial charge in [0.05, 0.1) is 12.4 Å². The number of rotatable bonds is 15. The van der Waals surface area contributed by atoms with Crippen LogP contribution in [0.15, 0.2) is 52.1 Å². The van der Waals surface area contributed by atoms with Gasteiger partial charge in [-0.1, -0.05) is 43.9 Å². The van der Waals surface area contributed by atoms with Crippen molar-refractivity contribution >= 4 is 12.6 Å². The molecule has 164 valence electrons. The van der Waals surface area contributed by atoms with E-state index in [0.717, 1.165) is 36.5 Å². The van der Waals surface area contributed by atoms with Crippen LogP contribution in [-0.2, 0) is 9.53 Å². The van der Waals surface area contributed by atoms with Crippen molar-refractivity contribution < 1.29 is 9.53 Å². The lowest BCUT2D eigenvalue weighted by Crippen LogP contribution is -2.26. The Balaban J connectivity index is 4.44. The van der Waals surface area contributed by atoms with Crippen LogP contribution in [0.4, 0.5) is 0 Å². The van der Waals surface area contributed by atoms with Crippen molar-refractivity contribution in [3.05, 3.63) is 47.2 Å². The van der Waals surface area contributed by atoms with Crippen LogP contribution in [0.2, 0.25) is 0 Å². The van der Waals surface area contributed by atoms with Gasteiger partial charge in [0, 0.05) is 32.0 Å². The number of hydrogen-bond acceptors (Lipinski definition) is 5. The van der Waals surface area contributed by atoms with Crippen molar-refractivity contribution in [3.63, 3.8) is 0 Å². The first kappa shape index (κ1) is 26.7. The molecule has 6 heteroatoms. The van der Waals surface area contributed by atoms with Gasteiger partial charge in [-0.25, -0.2) is 0 Å². The highest BCUT2D eigenvalue weighted by Crippen LogP contribution is 2.07. The lowest BCUT2D eigenvalue weighted by molar-refractivity contribution is -0.117. The number of aliphatic imine (C=N–C) groups is 1. The number of carbonyl (C=O) groups excluding carboxylic acids is 1. The molecule has 0 aromatic heterocycles. The number of carbonyl (C=O) groups is 1. The number of allylic oxidation sites excluding steroid dienone is 4. The Bertz CT molecular complexity index is 618. The minimum atomic E-state index is -0.248. The quantitative estimate of drug-likeness (QED) is 0.140. The van der Waals surface area contributed by atoms with E-state index in [4.69, 9.17) is 10.5 Å². The van der Waals surface area contributed by atoms with E-state index in [9.17, 15) is 4.79 Å². The Kier molecular flexibility index (Phi) is 15.3. The highest BCUT2D eigenvalue weighted by Gasteiger charge is 2.08. The molecule has 0 bridgehead atoms. The van der Waals surface area contributed by atoms with E-state index in [0.29, 0.717) is 13.1 Å². The number of amides is 1. The van der Waals surface area contributed by atoms with Gasteiger partial charge in [-0.2, -0.15) is 0 Å². The Labute approximate surface area is 177 Å². The molecule has 0 fully saturated rings. The fourth-order valence-corrected chi connectivity index (χ4v) is 2.39. The summed E-state index contributed by atoms with van der Waals surface area (Å²) in [5.41, 5.74) is 7.88. The van der Waals surface area contributed by atoms with E-state index in [2.05, 4.69) is 24.0 Å². The third-order valence-electron chi connectivity index (χ3n) is 4.42. The third kappa shape index (κ3) is 13.5. The first-order valence-electron chi connectivity index (χ1n) is 10.4. The molecule has 0 saturated heterocycles. The molecule has 0 aliphatic rings. The van der Waals surface area contributed by atoms with Crippen molar-refractivity contribution in [2.24, 2.45) is 10.7 Å². The number of ether oxygens (including phenoxy) is 1. The summed E-state index contributed by atoms with van der Waals surface area (Å²) in [5.74, 6) is 0.664. The minimum Gasteiger partial charge on any atom is -0.498 e. The first-order valence-corrected chi connectivity index (χ1v) is 10.4.